The Morgan fingerprint density at radius 3 is 2.21 bits per heavy atom. The van der Waals surface area contributed by atoms with Gasteiger partial charge >= 0.3 is 11.9 Å². The molecule has 19 heavy (non-hydrogen) atoms. The van der Waals surface area contributed by atoms with Crippen molar-refractivity contribution in [2.45, 2.75) is 37.1 Å². The van der Waals surface area contributed by atoms with Crippen LogP contribution in [0.5, 0.6) is 0 Å². The highest BCUT2D eigenvalue weighted by Crippen LogP contribution is 2.26. The van der Waals surface area contributed by atoms with E-state index in [0.29, 0.717) is 13.0 Å². The molecule has 3 fully saturated rings. The standard InChI is InChI=1S/C6H11NO3.C6H9NO2/c1-7-3-4(8)2-5(7)6(9)10;1-7-3-4-2-5(7)6(8)9-4/h4-5,8H,2-3H2,1H3,(H,9,10);4-5H,2-3H2,1H3/t4-,5+;4-,5-/m10/s1. The highest BCUT2D eigenvalue weighted by molar-refractivity contribution is 5.79. The second-order valence-electron chi connectivity index (χ2n) is 5.43. The molecule has 0 aliphatic carbocycles. The van der Waals surface area contributed by atoms with Gasteiger partial charge in [0.1, 0.15) is 18.2 Å². The Morgan fingerprint density at radius 1 is 1.26 bits per heavy atom. The molecule has 108 valence electrons. The summed E-state index contributed by atoms with van der Waals surface area (Å²) in [5.74, 6) is -0.882. The molecule has 0 unspecified atom stereocenters. The normalized spacial score (nSPS) is 37.9. The summed E-state index contributed by atoms with van der Waals surface area (Å²) in [5, 5.41) is 17.6. The number of carbonyl (C=O) groups excluding carboxylic acids is 1. The first-order valence-corrected chi connectivity index (χ1v) is 6.40. The van der Waals surface area contributed by atoms with Gasteiger partial charge in [0.25, 0.3) is 0 Å². The molecule has 7 heteroatoms. The maximum atomic E-state index is 10.8. The monoisotopic (exact) mass is 272 g/mol. The predicted octanol–water partition coefficient (Wildman–Crippen LogP) is -1.25. The van der Waals surface area contributed by atoms with Crippen LogP contribution in [0.4, 0.5) is 0 Å². The Balaban J connectivity index is 0.000000141. The maximum absolute atomic E-state index is 10.8. The number of esters is 1. The second-order valence-corrected chi connectivity index (χ2v) is 5.43. The quantitative estimate of drug-likeness (QED) is 0.576. The van der Waals surface area contributed by atoms with E-state index >= 15 is 0 Å². The second kappa shape index (κ2) is 5.44. The summed E-state index contributed by atoms with van der Waals surface area (Å²) in [6, 6.07) is -0.412. The number of hydrogen-bond donors (Lipinski definition) is 2. The third kappa shape index (κ3) is 3.05. The Hall–Kier alpha value is -1.18. The molecule has 2 bridgehead atoms. The van der Waals surface area contributed by atoms with E-state index in [1.807, 2.05) is 7.05 Å². The van der Waals surface area contributed by atoms with Gasteiger partial charge in [-0.2, -0.15) is 0 Å². The molecule has 7 nitrogen and oxygen atoms in total. The van der Waals surface area contributed by atoms with Crippen molar-refractivity contribution in [3.8, 4) is 0 Å². The summed E-state index contributed by atoms with van der Waals surface area (Å²) >= 11 is 0. The van der Waals surface area contributed by atoms with Crippen LogP contribution in [-0.2, 0) is 14.3 Å². The first kappa shape index (κ1) is 14.2. The zero-order chi connectivity index (χ0) is 14.2. The lowest BCUT2D eigenvalue weighted by molar-refractivity contribution is -0.150. The van der Waals surface area contributed by atoms with E-state index in [1.165, 1.54) is 0 Å². The topological polar surface area (TPSA) is 90.3 Å². The molecular weight excluding hydrogens is 252 g/mol. The van der Waals surface area contributed by atoms with Gasteiger partial charge in [-0.15, -0.1) is 0 Å². The largest absolute Gasteiger partial charge is 0.480 e. The summed E-state index contributed by atoms with van der Waals surface area (Å²) < 4.78 is 4.95. The van der Waals surface area contributed by atoms with E-state index in [9.17, 15) is 9.59 Å². The SMILES string of the molecule is CN1C[C@@H]2C[C@H]1C(=O)O2.CN1C[C@H](O)C[C@H]1C(=O)O. The summed E-state index contributed by atoms with van der Waals surface area (Å²) in [4.78, 5) is 24.9. The molecule has 3 rings (SSSR count). The number of ether oxygens (including phenoxy) is 1. The van der Waals surface area contributed by atoms with Gasteiger partial charge in [-0.1, -0.05) is 0 Å². The molecule has 0 amide bonds. The summed E-state index contributed by atoms with van der Waals surface area (Å²) in [6.07, 6.45) is 1.000. The van der Waals surface area contributed by atoms with E-state index in [1.54, 1.807) is 11.9 Å². The molecule has 0 aromatic rings. The molecule has 3 heterocycles. The van der Waals surface area contributed by atoms with Crippen LogP contribution in [0, 0.1) is 0 Å². The molecule has 0 spiro atoms. The van der Waals surface area contributed by atoms with Crippen LogP contribution in [0.2, 0.25) is 0 Å². The summed E-state index contributed by atoms with van der Waals surface area (Å²) in [6.45, 7) is 1.40. The van der Waals surface area contributed by atoms with Crippen molar-refractivity contribution in [3.05, 3.63) is 0 Å². The minimum atomic E-state index is -0.848. The minimum absolute atomic E-state index is 0.0336. The number of β-amino-alcohol motifs (C(OH)–C–C–N with tert-alkyl or cyclic N) is 1. The van der Waals surface area contributed by atoms with E-state index in [0.717, 1.165) is 13.0 Å². The van der Waals surface area contributed by atoms with Gasteiger partial charge in [-0.25, -0.2) is 0 Å². The number of likely N-dealkylation sites (N-methyl/N-ethyl adjacent to an activating group) is 2. The van der Waals surface area contributed by atoms with Crippen molar-refractivity contribution in [1.82, 2.24) is 9.80 Å². The number of morpholine rings is 1. The molecule has 0 saturated carbocycles. The van der Waals surface area contributed by atoms with Crippen LogP contribution in [0.25, 0.3) is 0 Å². The number of hydrogen-bond acceptors (Lipinski definition) is 6. The third-order valence-corrected chi connectivity index (χ3v) is 3.88. The van der Waals surface area contributed by atoms with Gasteiger partial charge in [-0.3, -0.25) is 19.4 Å². The Kier molecular flexibility index (Phi) is 4.07. The summed E-state index contributed by atoms with van der Waals surface area (Å²) in [5.41, 5.74) is 0. The fourth-order valence-corrected chi connectivity index (χ4v) is 2.82. The van der Waals surface area contributed by atoms with Crippen LogP contribution >= 0.6 is 0 Å². The Labute approximate surface area is 111 Å². The van der Waals surface area contributed by atoms with Crippen molar-refractivity contribution in [2.24, 2.45) is 0 Å². The van der Waals surface area contributed by atoms with Crippen LogP contribution in [-0.4, -0.2) is 83.4 Å². The van der Waals surface area contributed by atoms with Crippen molar-refractivity contribution in [3.63, 3.8) is 0 Å². The lowest BCUT2D eigenvalue weighted by Crippen LogP contribution is -2.37. The van der Waals surface area contributed by atoms with Crippen molar-refractivity contribution in [1.29, 1.82) is 0 Å². The Morgan fingerprint density at radius 2 is 1.95 bits per heavy atom. The van der Waals surface area contributed by atoms with Gasteiger partial charge in [-0.05, 0) is 14.1 Å². The van der Waals surface area contributed by atoms with Gasteiger partial charge in [0.15, 0.2) is 0 Å². The van der Waals surface area contributed by atoms with E-state index in [-0.39, 0.29) is 18.1 Å². The zero-order valence-electron chi connectivity index (χ0n) is 11.2. The number of likely N-dealkylation sites (tertiary alicyclic amines) is 2. The highest BCUT2D eigenvalue weighted by Gasteiger charge is 2.44. The van der Waals surface area contributed by atoms with Gasteiger partial charge in [0, 0.05) is 25.9 Å². The number of aliphatic hydroxyl groups is 1. The van der Waals surface area contributed by atoms with Gasteiger partial charge in [0.2, 0.25) is 0 Å². The molecule has 4 atom stereocenters. The molecule has 3 aliphatic heterocycles. The number of fused-ring (bicyclic) bond motifs is 2. The molecule has 3 aliphatic rings. The van der Waals surface area contributed by atoms with Crippen LogP contribution in [0.15, 0.2) is 0 Å². The number of carbonyl (C=O) groups is 2. The fraction of sp³-hybridized carbons (Fsp3) is 0.833. The molecular formula is C12H20N2O5. The van der Waals surface area contributed by atoms with Crippen molar-refractivity contribution in [2.75, 3.05) is 27.2 Å². The van der Waals surface area contributed by atoms with Crippen molar-refractivity contribution < 1.29 is 24.5 Å². The van der Waals surface area contributed by atoms with Crippen LogP contribution in [0.1, 0.15) is 12.8 Å². The number of nitrogens with zero attached hydrogens (tertiary/aromatic N) is 2. The highest BCUT2D eigenvalue weighted by atomic mass is 16.6. The number of carboxylic acids is 1. The average molecular weight is 272 g/mol. The molecule has 2 N–H and O–H groups in total. The number of aliphatic hydroxyl groups excluding tert-OH is 1. The third-order valence-electron chi connectivity index (χ3n) is 3.88. The van der Waals surface area contributed by atoms with Crippen LogP contribution in [0.3, 0.4) is 0 Å². The van der Waals surface area contributed by atoms with Gasteiger partial charge < -0.3 is 14.9 Å². The van der Waals surface area contributed by atoms with E-state index < -0.39 is 18.1 Å². The lowest BCUT2D eigenvalue weighted by atomic mass is 10.2. The number of carboxylic acid groups (broad SMARTS) is 1. The fourth-order valence-electron chi connectivity index (χ4n) is 2.82. The number of rotatable bonds is 1. The molecule has 0 radical (unpaired) electrons. The first-order valence-electron chi connectivity index (χ1n) is 6.40. The maximum Gasteiger partial charge on any atom is 0.323 e. The lowest BCUT2D eigenvalue weighted by Gasteiger charge is -2.19. The van der Waals surface area contributed by atoms with Crippen LogP contribution < -0.4 is 0 Å². The van der Waals surface area contributed by atoms with Gasteiger partial charge in [0.05, 0.1) is 6.10 Å². The van der Waals surface area contributed by atoms with E-state index in [4.69, 9.17) is 14.9 Å². The molecule has 0 aromatic carbocycles. The Bertz CT molecular complexity index is 375. The predicted molar refractivity (Wildman–Crippen MR) is 65.6 cm³/mol. The average Bonchev–Trinajstić information content (AvgIpc) is 2.92. The summed E-state index contributed by atoms with van der Waals surface area (Å²) in [7, 11) is 3.67. The molecule has 3 saturated heterocycles. The van der Waals surface area contributed by atoms with Crippen molar-refractivity contribution >= 4 is 11.9 Å². The number of aliphatic carboxylic acids is 1. The zero-order valence-corrected chi connectivity index (χ0v) is 11.2. The first-order chi connectivity index (χ1) is 8.88. The van der Waals surface area contributed by atoms with E-state index in [2.05, 4.69) is 4.90 Å². The molecule has 0 aromatic heterocycles. The smallest absolute Gasteiger partial charge is 0.323 e. The minimum Gasteiger partial charge on any atom is -0.480 e.